The molecule has 0 radical (unpaired) electrons. The van der Waals surface area contributed by atoms with Gasteiger partial charge in [0.1, 0.15) is 11.6 Å². The fraction of sp³-hybridized carbons (Fsp3) is 0.125. The quantitative estimate of drug-likeness (QED) is 0.870. The van der Waals surface area contributed by atoms with Crippen molar-refractivity contribution in [3.05, 3.63) is 65.2 Å². The molecule has 5 heteroatoms. The molecule has 0 aliphatic heterocycles. The summed E-state index contributed by atoms with van der Waals surface area (Å²) in [5.74, 6) is -1.96. The zero-order valence-corrected chi connectivity index (χ0v) is 11.3. The monoisotopic (exact) mass is 286 g/mol. The van der Waals surface area contributed by atoms with Crippen LogP contribution in [0.25, 0.3) is 0 Å². The molecule has 2 rings (SSSR count). The molecule has 2 aromatic rings. The molecule has 106 valence electrons. The van der Waals surface area contributed by atoms with Gasteiger partial charge >= 0.3 is 0 Å². The first-order chi connectivity index (χ1) is 10.0. The van der Waals surface area contributed by atoms with Crippen molar-refractivity contribution in [1.82, 2.24) is 0 Å². The summed E-state index contributed by atoms with van der Waals surface area (Å²) in [6, 6.07) is 11.9. The molecule has 0 unspecified atom stereocenters. The average molecular weight is 286 g/mol. The summed E-state index contributed by atoms with van der Waals surface area (Å²) >= 11 is 0. The molecule has 1 amide bonds. The van der Waals surface area contributed by atoms with Crippen LogP contribution in [0.3, 0.4) is 0 Å². The van der Waals surface area contributed by atoms with Crippen LogP contribution in [-0.4, -0.2) is 13.0 Å². The zero-order chi connectivity index (χ0) is 15.4. The van der Waals surface area contributed by atoms with Crippen molar-refractivity contribution >= 4 is 11.6 Å². The second-order valence-electron chi connectivity index (χ2n) is 4.49. The second kappa shape index (κ2) is 6.14. The van der Waals surface area contributed by atoms with Crippen LogP contribution in [0, 0.1) is 23.0 Å². The molecule has 2 aromatic carbocycles. The third-order valence-electron chi connectivity index (χ3n) is 3.13. The second-order valence-corrected chi connectivity index (χ2v) is 4.49. The number of amides is 1. The smallest absolute Gasteiger partial charge is 0.231 e. The van der Waals surface area contributed by atoms with E-state index in [-0.39, 0.29) is 12.0 Å². The van der Waals surface area contributed by atoms with Crippen molar-refractivity contribution in [3.63, 3.8) is 0 Å². The van der Waals surface area contributed by atoms with Gasteiger partial charge in [0.25, 0.3) is 0 Å². The molecule has 21 heavy (non-hydrogen) atoms. The van der Waals surface area contributed by atoms with Crippen molar-refractivity contribution in [1.29, 1.82) is 5.26 Å². The maximum atomic E-state index is 13.5. The Morgan fingerprint density at radius 3 is 2.43 bits per heavy atom. The van der Waals surface area contributed by atoms with Crippen molar-refractivity contribution in [2.24, 2.45) is 0 Å². The van der Waals surface area contributed by atoms with Gasteiger partial charge < -0.3 is 4.90 Å². The van der Waals surface area contributed by atoms with Gasteiger partial charge in [-0.25, -0.2) is 8.78 Å². The van der Waals surface area contributed by atoms with Gasteiger partial charge in [0.15, 0.2) is 0 Å². The van der Waals surface area contributed by atoms with Crippen LogP contribution in [0.5, 0.6) is 0 Å². The summed E-state index contributed by atoms with van der Waals surface area (Å²) in [7, 11) is 1.50. The Labute approximate surface area is 121 Å². The van der Waals surface area contributed by atoms with Crippen LogP contribution in [0.4, 0.5) is 14.5 Å². The Kier molecular flexibility index (Phi) is 4.29. The number of benzene rings is 2. The van der Waals surface area contributed by atoms with E-state index in [2.05, 4.69) is 0 Å². The number of carbonyl (C=O) groups excluding carboxylic acids is 1. The maximum absolute atomic E-state index is 13.5. The summed E-state index contributed by atoms with van der Waals surface area (Å²) < 4.78 is 27.1. The van der Waals surface area contributed by atoms with E-state index in [1.165, 1.54) is 24.1 Å². The molecular formula is C16H12F2N2O. The van der Waals surface area contributed by atoms with Gasteiger partial charge in [-0.05, 0) is 30.3 Å². The Morgan fingerprint density at radius 1 is 1.19 bits per heavy atom. The fourth-order valence-electron chi connectivity index (χ4n) is 1.90. The van der Waals surface area contributed by atoms with E-state index < -0.39 is 17.5 Å². The number of nitrogens with zero attached hydrogens (tertiary/aromatic N) is 2. The van der Waals surface area contributed by atoms with Gasteiger partial charge in [0, 0.05) is 18.3 Å². The summed E-state index contributed by atoms with van der Waals surface area (Å²) in [5, 5.41) is 8.84. The van der Waals surface area contributed by atoms with Crippen LogP contribution >= 0.6 is 0 Å². The number of halogens is 2. The molecule has 0 aromatic heterocycles. The molecule has 0 fully saturated rings. The van der Waals surface area contributed by atoms with E-state index >= 15 is 0 Å². The standard InChI is InChI=1S/C16H12F2N2O/c1-20(12-5-2-4-11(8-12)10-19)16(21)9-13-14(17)6-3-7-15(13)18/h2-8H,9H2,1H3. The Morgan fingerprint density at radius 2 is 1.81 bits per heavy atom. The van der Waals surface area contributed by atoms with Crippen molar-refractivity contribution in [2.45, 2.75) is 6.42 Å². The minimum absolute atomic E-state index is 0.259. The topological polar surface area (TPSA) is 44.1 Å². The average Bonchev–Trinajstić information content (AvgIpc) is 2.50. The lowest BCUT2D eigenvalue weighted by atomic mass is 10.1. The van der Waals surface area contributed by atoms with E-state index in [9.17, 15) is 13.6 Å². The van der Waals surface area contributed by atoms with Crippen LogP contribution in [0.15, 0.2) is 42.5 Å². The molecule has 0 N–H and O–H groups in total. The molecule has 0 saturated heterocycles. The highest BCUT2D eigenvalue weighted by atomic mass is 19.1. The van der Waals surface area contributed by atoms with E-state index in [1.807, 2.05) is 6.07 Å². The Bertz CT molecular complexity index is 702. The van der Waals surface area contributed by atoms with Crippen LogP contribution in [-0.2, 0) is 11.2 Å². The number of hydrogen-bond donors (Lipinski definition) is 0. The van der Waals surface area contributed by atoms with Crippen molar-refractivity contribution < 1.29 is 13.6 Å². The number of nitriles is 1. The minimum Gasteiger partial charge on any atom is -0.315 e. The highest BCUT2D eigenvalue weighted by molar-refractivity contribution is 5.94. The first-order valence-corrected chi connectivity index (χ1v) is 6.22. The molecule has 0 bridgehead atoms. The Hall–Kier alpha value is -2.74. The fourth-order valence-corrected chi connectivity index (χ4v) is 1.90. The predicted octanol–water partition coefficient (Wildman–Crippen LogP) is 3.04. The molecule has 0 atom stereocenters. The van der Waals surface area contributed by atoms with Crippen molar-refractivity contribution in [3.8, 4) is 6.07 Å². The third-order valence-corrected chi connectivity index (χ3v) is 3.13. The third kappa shape index (κ3) is 3.23. The zero-order valence-electron chi connectivity index (χ0n) is 11.3. The van der Waals surface area contributed by atoms with Gasteiger partial charge in [0.2, 0.25) is 5.91 Å². The van der Waals surface area contributed by atoms with Gasteiger partial charge in [-0.1, -0.05) is 12.1 Å². The molecular weight excluding hydrogens is 274 g/mol. The molecule has 0 heterocycles. The molecule has 0 spiro atoms. The van der Waals surface area contributed by atoms with E-state index in [0.29, 0.717) is 11.3 Å². The summed E-state index contributed by atoms with van der Waals surface area (Å²) in [6.07, 6.45) is -0.383. The number of carbonyl (C=O) groups is 1. The van der Waals surface area contributed by atoms with Crippen LogP contribution in [0.1, 0.15) is 11.1 Å². The first kappa shape index (κ1) is 14.7. The number of likely N-dealkylation sites (N-methyl/N-ethyl adjacent to an activating group) is 1. The van der Waals surface area contributed by atoms with Gasteiger partial charge in [0.05, 0.1) is 18.1 Å². The number of hydrogen-bond acceptors (Lipinski definition) is 2. The van der Waals surface area contributed by atoms with Crippen molar-refractivity contribution in [2.75, 3.05) is 11.9 Å². The lowest BCUT2D eigenvalue weighted by molar-refractivity contribution is -0.117. The summed E-state index contributed by atoms with van der Waals surface area (Å²) in [4.78, 5) is 13.4. The van der Waals surface area contributed by atoms with E-state index in [0.717, 1.165) is 12.1 Å². The lowest BCUT2D eigenvalue weighted by Gasteiger charge is -2.18. The SMILES string of the molecule is CN(C(=O)Cc1c(F)cccc1F)c1cccc(C#N)c1. The Balaban J connectivity index is 2.22. The minimum atomic E-state index is -0.748. The normalized spacial score (nSPS) is 10.0. The largest absolute Gasteiger partial charge is 0.315 e. The lowest BCUT2D eigenvalue weighted by Crippen LogP contribution is -2.28. The molecule has 0 saturated carbocycles. The molecule has 0 aliphatic carbocycles. The van der Waals surface area contributed by atoms with Gasteiger partial charge in [-0.3, -0.25) is 4.79 Å². The van der Waals surface area contributed by atoms with Crippen LogP contribution < -0.4 is 4.90 Å². The molecule has 0 aliphatic rings. The van der Waals surface area contributed by atoms with Gasteiger partial charge in [-0.15, -0.1) is 0 Å². The van der Waals surface area contributed by atoms with E-state index in [1.54, 1.807) is 18.2 Å². The number of anilines is 1. The molecule has 3 nitrogen and oxygen atoms in total. The first-order valence-electron chi connectivity index (χ1n) is 6.22. The van der Waals surface area contributed by atoms with E-state index in [4.69, 9.17) is 5.26 Å². The predicted molar refractivity (Wildman–Crippen MR) is 74.6 cm³/mol. The highest BCUT2D eigenvalue weighted by Crippen LogP contribution is 2.18. The highest BCUT2D eigenvalue weighted by Gasteiger charge is 2.17. The maximum Gasteiger partial charge on any atom is 0.231 e. The summed E-state index contributed by atoms with van der Waals surface area (Å²) in [6.45, 7) is 0. The van der Waals surface area contributed by atoms with Gasteiger partial charge in [-0.2, -0.15) is 5.26 Å². The van der Waals surface area contributed by atoms with Crippen LogP contribution in [0.2, 0.25) is 0 Å². The summed E-state index contributed by atoms with van der Waals surface area (Å²) in [5.41, 5.74) is 0.644. The number of rotatable bonds is 3.